The molecule has 1 aromatic rings. The van der Waals surface area contributed by atoms with Crippen molar-refractivity contribution in [2.24, 2.45) is 5.92 Å². The smallest absolute Gasteiger partial charge is 0.308 e. The van der Waals surface area contributed by atoms with E-state index in [9.17, 15) is 14.7 Å². The Morgan fingerprint density at radius 2 is 2.15 bits per heavy atom. The van der Waals surface area contributed by atoms with Crippen LogP contribution >= 0.6 is 0 Å². The molecule has 0 aromatic heterocycles. The highest BCUT2D eigenvalue weighted by Gasteiger charge is 2.29. The number of hydrogen-bond donors (Lipinski definition) is 2. The third-order valence-electron chi connectivity index (χ3n) is 3.49. The summed E-state index contributed by atoms with van der Waals surface area (Å²) < 4.78 is 4.96. The zero-order valence-corrected chi connectivity index (χ0v) is 11.2. The highest BCUT2D eigenvalue weighted by Crippen LogP contribution is 2.26. The average molecular weight is 279 g/mol. The van der Waals surface area contributed by atoms with Gasteiger partial charge in [-0.05, 0) is 25.0 Å². The number of aliphatic carboxylic acids is 1. The van der Waals surface area contributed by atoms with Crippen molar-refractivity contribution in [3.05, 3.63) is 23.8 Å². The zero-order chi connectivity index (χ0) is 14.7. The van der Waals surface area contributed by atoms with Gasteiger partial charge in [-0.3, -0.25) is 9.59 Å². The quantitative estimate of drug-likeness (QED) is 0.871. The molecular formula is C14H17NO5. The Morgan fingerprint density at radius 3 is 2.75 bits per heavy atom. The number of carbonyl (C=O) groups is 2. The van der Waals surface area contributed by atoms with Crippen molar-refractivity contribution in [2.75, 3.05) is 20.2 Å². The number of piperidine rings is 1. The SMILES string of the molecule is COc1ccc(C(=O)N2CCC[C@H](C(=O)O)C2)c(O)c1. The zero-order valence-electron chi connectivity index (χ0n) is 11.2. The summed E-state index contributed by atoms with van der Waals surface area (Å²) in [5, 5.41) is 18.9. The minimum Gasteiger partial charge on any atom is -0.507 e. The molecule has 2 N–H and O–H groups in total. The fourth-order valence-corrected chi connectivity index (χ4v) is 2.35. The van der Waals surface area contributed by atoms with Gasteiger partial charge in [0.05, 0.1) is 18.6 Å². The van der Waals surface area contributed by atoms with Gasteiger partial charge in [0, 0.05) is 19.2 Å². The maximum absolute atomic E-state index is 12.3. The first-order valence-corrected chi connectivity index (χ1v) is 6.42. The van der Waals surface area contributed by atoms with Crippen molar-refractivity contribution in [2.45, 2.75) is 12.8 Å². The second-order valence-electron chi connectivity index (χ2n) is 4.81. The number of carboxylic acids is 1. The second kappa shape index (κ2) is 5.81. The number of carboxylic acid groups (broad SMARTS) is 1. The van der Waals surface area contributed by atoms with Crippen LogP contribution in [0.25, 0.3) is 0 Å². The Hall–Kier alpha value is -2.24. The molecule has 0 bridgehead atoms. The van der Waals surface area contributed by atoms with Gasteiger partial charge in [0.15, 0.2) is 0 Å². The number of likely N-dealkylation sites (tertiary alicyclic amines) is 1. The molecule has 0 spiro atoms. The molecule has 1 aliphatic rings. The molecule has 1 aliphatic heterocycles. The molecule has 1 fully saturated rings. The molecule has 6 nitrogen and oxygen atoms in total. The molecule has 1 aromatic carbocycles. The Kier molecular flexibility index (Phi) is 4.12. The predicted octanol–water partition coefficient (Wildman–Crippen LogP) is 1.34. The number of phenols is 1. The summed E-state index contributed by atoms with van der Waals surface area (Å²) in [6.07, 6.45) is 1.23. The highest BCUT2D eigenvalue weighted by molar-refractivity contribution is 5.97. The van der Waals surface area contributed by atoms with E-state index in [1.165, 1.54) is 24.1 Å². The van der Waals surface area contributed by atoms with Gasteiger partial charge >= 0.3 is 5.97 Å². The van der Waals surface area contributed by atoms with E-state index in [4.69, 9.17) is 9.84 Å². The van der Waals surface area contributed by atoms with Gasteiger partial charge in [-0.15, -0.1) is 0 Å². The van der Waals surface area contributed by atoms with E-state index in [2.05, 4.69) is 0 Å². The molecule has 1 heterocycles. The van der Waals surface area contributed by atoms with Crippen LogP contribution in [0, 0.1) is 5.92 Å². The summed E-state index contributed by atoms with van der Waals surface area (Å²) in [6, 6.07) is 4.44. The van der Waals surface area contributed by atoms with E-state index in [0.29, 0.717) is 25.1 Å². The molecule has 0 radical (unpaired) electrons. The molecule has 0 aliphatic carbocycles. The number of hydrogen-bond acceptors (Lipinski definition) is 4. The number of rotatable bonds is 3. The van der Waals surface area contributed by atoms with Crippen LogP contribution in [0.5, 0.6) is 11.5 Å². The van der Waals surface area contributed by atoms with E-state index in [0.717, 1.165) is 0 Å². The molecule has 2 rings (SSSR count). The first-order valence-electron chi connectivity index (χ1n) is 6.42. The number of phenolic OH excluding ortho intramolecular Hbond substituents is 1. The monoisotopic (exact) mass is 279 g/mol. The minimum absolute atomic E-state index is 0.160. The summed E-state index contributed by atoms with van der Waals surface area (Å²) in [5.74, 6) is -1.47. The number of ether oxygens (including phenoxy) is 1. The van der Waals surface area contributed by atoms with Crippen LogP contribution in [-0.2, 0) is 4.79 Å². The largest absolute Gasteiger partial charge is 0.507 e. The predicted molar refractivity (Wildman–Crippen MR) is 70.9 cm³/mol. The Balaban J connectivity index is 2.16. The Labute approximate surface area is 116 Å². The van der Waals surface area contributed by atoms with Crippen LogP contribution < -0.4 is 4.74 Å². The topological polar surface area (TPSA) is 87.1 Å². The average Bonchev–Trinajstić information content (AvgIpc) is 2.46. The van der Waals surface area contributed by atoms with Crippen molar-refractivity contribution in [1.29, 1.82) is 0 Å². The number of benzene rings is 1. The molecule has 1 amide bonds. The lowest BCUT2D eigenvalue weighted by Gasteiger charge is -2.30. The van der Waals surface area contributed by atoms with Crippen molar-refractivity contribution in [3.8, 4) is 11.5 Å². The van der Waals surface area contributed by atoms with Crippen molar-refractivity contribution in [3.63, 3.8) is 0 Å². The van der Waals surface area contributed by atoms with E-state index in [1.54, 1.807) is 6.07 Å². The molecule has 108 valence electrons. The number of nitrogens with zero attached hydrogens (tertiary/aromatic N) is 1. The van der Waals surface area contributed by atoms with Gasteiger partial charge in [0.2, 0.25) is 0 Å². The number of carbonyl (C=O) groups excluding carboxylic acids is 1. The van der Waals surface area contributed by atoms with Crippen molar-refractivity contribution >= 4 is 11.9 Å². The second-order valence-corrected chi connectivity index (χ2v) is 4.81. The maximum Gasteiger partial charge on any atom is 0.308 e. The number of aromatic hydroxyl groups is 1. The van der Waals surface area contributed by atoms with Crippen LogP contribution in [0.2, 0.25) is 0 Å². The van der Waals surface area contributed by atoms with Gasteiger partial charge < -0.3 is 19.8 Å². The third-order valence-corrected chi connectivity index (χ3v) is 3.49. The summed E-state index contributed by atoms with van der Waals surface area (Å²) in [7, 11) is 1.47. The van der Waals surface area contributed by atoms with Gasteiger partial charge in [-0.1, -0.05) is 0 Å². The minimum atomic E-state index is -0.888. The Morgan fingerprint density at radius 1 is 1.40 bits per heavy atom. The van der Waals surface area contributed by atoms with Crippen LogP contribution in [0.1, 0.15) is 23.2 Å². The first-order chi connectivity index (χ1) is 9.52. The first kappa shape index (κ1) is 14.2. The van der Waals surface area contributed by atoms with E-state index in [1.807, 2.05) is 0 Å². The summed E-state index contributed by atoms with van der Waals surface area (Å²) >= 11 is 0. The van der Waals surface area contributed by atoms with Crippen molar-refractivity contribution in [1.82, 2.24) is 4.90 Å². The molecule has 0 saturated carbocycles. The van der Waals surface area contributed by atoms with Gasteiger partial charge in [-0.2, -0.15) is 0 Å². The summed E-state index contributed by atoms with van der Waals surface area (Å²) in [4.78, 5) is 24.8. The summed E-state index contributed by atoms with van der Waals surface area (Å²) in [6.45, 7) is 0.688. The molecule has 1 saturated heterocycles. The molecule has 6 heteroatoms. The van der Waals surface area contributed by atoms with Crippen molar-refractivity contribution < 1.29 is 24.5 Å². The lowest BCUT2D eigenvalue weighted by Crippen LogP contribution is -2.42. The Bertz CT molecular complexity index is 528. The fraction of sp³-hybridized carbons (Fsp3) is 0.429. The van der Waals surface area contributed by atoms with E-state index in [-0.39, 0.29) is 23.8 Å². The number of methoxy groups -OCH3 is 1. The lowest BCUT2D eigenvalue weighted by molar-refractivity contribution is -0.143. The third kappa shape index (κ3) is 2.84. The van der Waals surface area contributed by atoms with Crippen LogP contribution in [0.4, 0.5) is 0 Å². The maximum atomic E-state index is 12.3. The molecular weight excluding hydrogens is 262 g/mol. The standard InChI is InChI=1S/C14H17NO5/c1-20-10-4-5-11(12(16)7-10)13(17)15-6-2-3-9(8-15)14(18)19/h4-5,7,9,16H,2-3,6,8H2,1H3,(H,18,19)/t9-/m0/s1. The molecule has 20 heavy (non-hydrogen) atoms. The lowest BCUT2D eigenvalue weighted by atomic mass is 9.97. The highest BCUT2D eigenvalue weighted by atomic mass is 16.5. The summed E-state index contributed by atoms with van der Waals surface area (Å²) in [5.41, 5.74) is 0.164. The number of amides is 1. The van der Waals surface area contributed by atoms with Crippen LogP contribution in [0.3, 0.4) is 0 Å². The van der Waals surface area contributed by atoms with Crippen LogP contribution in [0.15, 0.2) is 18.2 Å². The fourth-order valence-electron chi connectivity index (χ4n) is 2.35. The van der Waals surface area contributed by atoms with E-state index < -0.39 is 11.9 Å². The van der Waals surface area contributed by atoms with Gasteiger partial charge in [-0.25, -0.2) is 0 Å². The molecule has 0 unspecified atom stereocenters. The van der Waals surface area contributed by atoms with Gasteiger partial charge in [0.1, 0.15) is 11.5 Å². The normalized spacial score (nSPS) is 18.6. The van der Waals surface area contributed by atoms with Gasteiger partial charge in [0.25, 0.3) is 5.91 Å². The van der Waals surface area contributed by atoms with E-state index >= 15 is 0 Å². The molecule has 1 atom stereocenters. The van der Waals surface area contributed by atoms with Crippen LogP contribution in [-0.4, -0.2) is 47.2 Å².